The molecule has 0 aliphatic heterocycles. The lowest BCUT2D eigenvalue weighted by Gasteiger charge is -2.29. The van der Waals surface area contributed by atoms with Gasteiger partial charge >= 0.3 is 0 Å². The number of amides is 1. The predicted molar refractivity (Wildman–Crippen MR) is 101 cm³/mol. The van der Waals surface area contributed by atoms with Crippen LogP contribution in [0.2, 0.25) is 5.02 Å². The lowest BCUT2D eigenvalue weighted by atomic mass is 9.96. The molecule has 8 heteroatoms. The van der Waals surface area contributed by atoms with Gasteiger partial charge in [-0.15, -0.1) is 12.4 Å². The summed E-state index contributed by atoms with van der Waals surface area (Å²) in [6.07, 6.45) is 2.17. The molecular formula is C17H23Cl2N5O. The van der Waals surface area contributed by atoms with Crippen molar-refractivity contribution >= 4 is 29.9 Å². The largest absolute Gasteiger partial charge is 0.344 e. The highest BCUT2D eigenvalue weighted by molar-refractivity contribution is 6.33. The molecule has 1 amide bonds. The maximum atomic E-state index is 12.7. The van der Waals surface area contributed by atoms with Crippen LogP contribution >= 0.6 is 24.0 Å². The van der Waals surface area contributed by atoms with Crippen molar-refractivity contribution in [1.82, 2.24) is 20.1 Å². The SMILES string of the molecule is Cc1cc(C)n(-c2ccc(Cl)c(C(=O)NC(C)(CN)C3CC3)n2)n1.Cl. The summed E-state index contributed by atoms with van der Waals surface area (Å²) in [5.41, 5.74) is 7.48. The van der Waals surface area contributed by atoms with Crippen LogP contribution in [0.25, 0.3) is 5.82 Å². The van der Waals surface area contributed by atoms with E-state index in [1.165, 1.54) is 0 Å². The zero-order valence-electron chi connectivity index (χ0n) is 14.5. The summed E-state index contributed by atoms with van der Waals surface area (Å²) in [4.78, 5) is 17.1. The van der Waals surface area contributed by atoms with E-state index in [2.05, 4.69) is 15.4 Å². The standard InChI is InChI=1S/C17H22ClN5O.ClH/c1-10-8-11(2)23(22-10)14-7-6-13(18)15(20-14)16(24)21-17(3,9-19)12-4-5-12;/h6-8,12H,4-5,9,19H2,1-3H3,(H,21,24);1H. The fraction of sp³-hybridized carbons (Fsp3) is 0.471. The maximum absolute atomic E-state index is 12.7. The molecule has 6 nitrogen and oxygen atoms in total. The van der Waals surface area contributed by atoms with Gasteiger partial charge in [0.25, 0.3) is 5.91 Å². The number of carbonyl (C=O) groups is 1. The van der Waals surface area contributed by atoms with E-state index in [1.54, 1.807) is 16.8 Å². The van der Waals surface area contributed by atoms with Crippen molar-refractivity contribution in [2.45, 2.75) is 39.2 Å². The Kier molecular flexibility index (Phi) is 5.76. The molecule has 0 radical (unpaired) electrons. The summed E-state index contributed by atoms with van der Waals surface area (Å²) in [5, 5.41) is 7.73. The lowest BCUT2D eigenvalue weighted by molar-refractivity contribution is 0.0892. The van der Waals surface area contributed by atoms with Gasteiger partial charge in [-0.25, -0.2) is 9.67 Å². The molecule has 3 rings (SSSR count). The Balaban J connectivity index is 0.00000225. The zero-order valence-corrected chi connectivity index (χ0v) is 16.1. The molecule has 0 aromatic carbocycles. The molecule has 2 aromatic rings. The Morgan fingerprint density at radius 2 is 2.12 bits per heavy atom. The normalized spacial score (nSPS) is 16.0. The summed E-state index contributed by atoms with van der Waals surface area (Å²) in [7, 11) is 0. The third-order valence-corrected chi connectivity index (χ3v) is 4.88. The minimum absolute atomic E-state index is 0. The molecule has 136 valence electrons. The number of aromatic nitrogens is 3. The van der Waals surface area contributed by atoms with Crippen LogP contribution in [0.3, 0.4) is 0 Å². The van der Waals surface area contributed by atoms with Crippen LogP contribution in [0.1, 0.15) is 41.6 Å². The Bertz CT molecular complexity index is 787. The van der Waals surface area contributed by atoms with Gasteiger partial charge in [0.05, 0.1) is 16.3 Å². The van der Waals surface area contributed by atoms with Crippen molar-refractivity contribution in [2.24, 2.45) is 11.7 Å². The Morgan fingerprint density at radius 1 is 1.44 bits per heavy atom. The van der Waals surface area contributed by atoms with Crippen LogP contribution in [0.5, 0.6) is 0 Å². The Hall–Kier alpha value is -1.63. The van der Waals surface area contributed by atoms with Gasteiger partial charge in [0.2, 0.25) is 0 Å². The number of pyridine rings is 1. The van der Waals surface area contributed by atoms with Gasteiger partial charge in [0, 0.05) is 12.2 Å². The fourth-order valence-electron chi connectivity index (χ4n) is 2.93. The molecule has 1 aliphatic carbocycles. The topological polar surface area (TPSA) is 85.8 Å². The van der Waals surface area contributed by atoms with E-state index in [4.69, 9.17) is 17.3 Å². The van der Waals surface area contributed by atoms with Gasteiger partial charge in [-0.1, -0.05) is 11.6 Å². The van der Waals surface area contributed by atoms with Crippen molar-refractivity contribution in [3.63, 3.8) is 0 Å². The van der Waals surface area contributed by atoms with Crippen LogP contribution in [0.15, 0.2) is 18.2 Å². The van der Waals surface area contributed by atoms with E-state index >= 15 is 0 Å². The van der Waals surface area contributed by atoms with Crippen LogP contribution in [0.4, 0.5) is 0 Å². The first kappa shape index (κ1) is 19.7. The summed E-state index contributed by atoms with van der Waals surface area (Å²) in [6, 6.07) is 5.38. The van der Waals surface area contributed by atoms with Crippen LogP contribution in [0, 0.1) is 19.8 Å². The van der Waals surface area contributed by atoms with Crippen molar-refractivity contribution in [2.75, 3.05) is 6.54 Å². The summed E-state index contributed by atoms with van der Waals surface area (Å²) < 4.78 is 1.70. The molecule has 0 saturated heterocycles. The first-order chi connectivity index (χ1) is 11.3. The second kappa shape index (κ2) is 7.32. The van der Waals surface area contributed by atoms with Crippen molar-refractivity contribution in [1.29, 1.82) is 0 Å². The molecule has 0 spiro atoms. The second-order valence-corrected chi connectivity index (χ2v) is 7.10. The van der Waals surface area contributed by atoms with Gasteiger partial charge in [0.1, 0.15) is 5.69 Å². The summed E-state index contributed by atoms with van der Waals surface area (Å²) >= 11 is 6.21. The Labute approximate surface area is 158 Å². The number of nitrogens with two attached hydrogens (primary N) is 1. The molecule has 0 bridgehead atoms. The van der Waals surface area contributed by atoms with E-state index in [0.29, 0.717) is 23.3 Å². The third kappa shape index (κ3) is 3.97. The van der Waals surface area contributed by atoms with Gasteiger partial charge < -0.3 is 11.1 Å². The van der Waals surface area contributed by atoms with E-state index in [0.717, 1.165) is 24.2 Å². The molecular weight excluding hydrogens is 361 g/mol. The van der Waals surface area contributed by atoms with E-state index in [-0.39, 0.29) is 24.0 Å². The number of carbonyl (C=O) groups excluding carboxylic acids is 1. The third-order valence-electron chi connectivity index (χ3n) is 4.57. The van der Waals surface area contributed by atoms with Gasteiger partial charge in [-0.05, 0) is 57.7 Å². The molecule has 1 aliphatic rings. The molecule has 3 N–H and O–H groups in total. The lowest BCUT2D eigenvalue weighted by Crippen LogP contribution is -2.53. The molecule has 1 atom stereocenters. The molecule has 1 fully saturated rings. The monoisotopic (exact) mass is 383 g/mol. The minimum atomic E-state index is -0.420. The van der Waals surface area contributed by atoms with Crippen molar-refractivity contribution < 1.29 is 4.79 Å². The average molecular weight is 384 g/mol. The quantitative estimate of drug-likeness (QED) is 0.830. The maximum Gasteiger partial charge on any atom is 0.271 e. The molecule has 2 aromatic heterocycles. The molecule has 2 heterocycles. The zero-order chi connectivity index (χ0) is 17.5. The number of nitrogens with zero attached hydrogens (tertiary/aromatic N) is 3. The van der Waals surface area contributed by atoms with Crippen LogP contribution in [-0.2, 0) is 0 Å². The highest BCUT2D eigenvalue weighted by Gasteiger charge is 2.42. The van der Waals surface area contributed by atoms with Crippen LogP contribution < -0.4 is 11.1 Å². The van der Waals surface area contributed by atoms with E-state index in [9.17, 15) is 4.79 Å². The number of aryl methyl sites for hydroxylation is 2. The van der Waals surface area contributed by atoms with E-state index < -0.39 is 5.54 Å². The number of rotatable bonds is 5. The van der Waals surface area contributed by atoms with Crippen LogP contribution in [-0.4, -0.2) is 32.8 Å². The van der Waals surface area contributed by atoms with Gasteiger partial charge in [0.15, 0.2) is 5.82 Å². The first-order valence-electron chi connectivity index (χ1n) is 8.07. The fourth-order valence-corrected chi connectivity index (χ4v) is 3.12. The van der Waals surface area contributed by atoms with Crippen molar-refractivity contribution in [3.05, 3.63) is 40.3 Å². The second-order valence-electron chi connectivity index (χ2n) is 6.69. The number of hydrogen-bond donors (Lipinski definition) is 2. The molecule has 25 heavy (non-hydrogen) atoms. The summed E-state index contributed by atoms with van der Waals surface area (Å²) in [5.74, 6) is 0.684. The average Bonchev–Trinajstić information content (AvgIpc) is 3.33. The number of nitrogens with one attached hydrogen (secondary N) is 1. The number of halogens is 2. The summed E-state index contributed by atoms with van der Waals surface area (Å²) in [6.45, 7) is 6.21. The number of hydrogen-bond acceptors (Lipinski definition) is 4. The van der Waals surface area contributed by atoms with Gasteiger partial charge in [-0.2, -0.15) is 5.10 Å². The predicted octanol–water partition coefficient (Wildman–Crippen LogP) is 2.82. The van der Waals surface area contributed by atoms with E-state index in [1.807, 2.05) is 26.8 Å². The van der Waals surface area contributed by atoms with Gasteiger partial charge in [-0.3, -0.25) is 4.79 Å². The smallest absolute Gasteiger partial charge is 0.271 e. The molecule has 1 saturated carbocycles. The Morgan fingerprint density at radius 3 is 2.64 bits per heavy atom. The molecule has 1 unspecified atom stereocenters. The van der Waals surface area contributed by atoms with Crippen molar-refractivity contribution in [3.8, 4) is 5.82 Å². The highest BCUT2D eigenvalue weighted by Crippen LogP contribution is 2.39. The minimum Gasteiger partial charge on any atom is -0.344 e. The highest BCUT2D eigenvalue weighted by atomic mass is 35.5. The first-order valence-corrected chi connectivity index (χ1v) is 8.44.